The number of carbonyl (C=O) groups excluding carboxylic acids is 1. The van der Waals surface area contributed by atoms with E-state index in [0.717, 1.165) is 12.1 Å². The number of nitrogens with two attached hydrogens (primary N) is 1. The summed E-state index contributed by atoms with van der Waals surface area (Å²) in [5, 5.41) is 3.86. The highest BCUT2D eigenvalue weighted by Crippen LogP contribution is 2.31. The van der Waals surface area contributed by atoms with Crippen molar-refractivity contribution in [1.82, 2.24) is 5.16 Å². The fourth-order valence-corrected chi connectivity index (χ4v) is 2.18. The first-order chi connectivity index (χ1) is 11.3. The molecule has 0 aliphatic rings. The fraction of sp³-hybridized carbons (Fsp3) is 0.0588. The number of primary amides is 1. The zero-order valence-corrected chi connectivity index (χ0v) is 12.2. The molecule has 0 atom stereocenters. The summed E-state index contributed by atoms with van der Waals surface area (Å²) < 4.78 is 42.9. The van der Waals surface area contributed by atoms with Crippen LogP contribution in [-0.2, 0) is 6.18 Å². The Morgan fingerprint density at radius 2 is 1.54 bits per heavy atom. The molecule has 4 nitrogen and oxygen atoms in total. The second-order valence-electron chi connectivity index (χ2n) is 5.09. The molecule has 122 valence electrons. The van der Waals surface area contributed by atoms with Gasteiger partial charge in [0.25, 0.3) is 0 Å². The normalized spacial score (nSPS) is 11.5. The maximum atomic E-state index is 12.6. The van der Waals surface area contributed by atoms with Crippen molar-refractivity contribution < 1.29 is 22.5 Å². The number of alkyl halides is 3. The molecule has 0 bridgehead atoms. The van der Waals surface area contributed by atoms with Crippen molar-refractivity contribution in [1.29, 1.82) is 0 Å². The van der Waals surface area contributed by atoms with Gasteiger partial charge in [-0.15, -0.1) is 0 Å². The summed E-state index contributed by atoms with van der Waals surface area (Å²) in [7, 11) is 0. The molecule has 2 aromatic carbocycles. The highest BCUT2D eigenvalue weighted by atomic mass is 19.4. The van der Waals surface area contributed by atoms with Crippen molar-refractivity contribution in [2.24, 2.45) is 5.73 Å². The third-order valence-corrected chi connectivity index (χ3v) is 3.47. The lowest BCUT2D eigenvalue weighted by Crippen LogP contribution is -2.10. The number of benzene rings is 2. The van der Waals surface area contributed by atoms with Gasteiger partial charge in [0.2, 0.25) is 5.91 Å². The monoisotopic (exact) mass is 332 g/mol. The number of rotatable bonds is 3. The van der Waals surface area contributed by atoms with E-state index in [1.54, 1.807) is 30.3 Å². The van der Waals surface area contributed by atoms with Gasteiger partial charge in [-0.2, -0.15) is 13.2 Å². The van der Waals surface area contributed by atoms with Gasteiger partial charge >= 0.3 is 6.18 Å². The lowest BCUT2D eigenvalue weighted by Gasteiger charge is -2.06. The van der Waals surface area contributed by atoms with E-state index in [2.05, 4.69) is 5.16 Å². The molecule has 7 heteroatoms. The fourth-order valence-electron chi connectivity index (χ4n) is 2.18. The van der Waals surface area contributed by atoms with Crippen LogP contribution in [0.25, 0.3) is 22.6 Å². The second-order valence-corrected chi connectivity index (χ2v) is 5.09. The van der Waals surface area contributed by atoms with Gasteiger partial charge in [0.15, 0.2) is 5.76 Å². The largest absolute Gasteiger partial charge is 0.416 e. The molecule has 1 amide bonds. The SMILES string of the molecule is NC(=O)c1ccc(-c2cc(-c3ccc(C(F)(F)F)cc3)no2)cc1. The van der Waals surface area contributed by atoms with E-state index in [1.165, 1.54) is 12.1 Å². The van der Waals surface area contributed by atoms with Crippen LogP contribution in [0.4, 0.5) is 13.2 Å². The second kappa shape index (κ2) is 5.84. The number of nitrogens with zero attached hydrogens (tertiary/aromatic N) is 1. The van der Waals surface area contributed by atoms with Gasteiger partial charge in [-0.05, 0) is 24.3 Å². The minimum absolute atomic E-state index is 0.362. The van der Waals surface area contributed by atoms with Crippen molar-refractivity contribution in [3.05, 3.63) is 65.7 Å². The smallest absolute Gasteiger partial charge is 0.366 e. The Bertz CT molecular complexity index is 866. The quantitative estimate of drug-likeness (QED) is 0.784. The molecule has 0 aliphatic heterocycles. The van der Waals surface area contributed by atoms with Crippen molar-refractivity contribution in [2.45, 2.75) is 6.18 Å². The summed E-state index contributed by atoms with van der Waals surface area (Å²) in [6, 6.07) is 12.7. The van der Waals surface area contributed by atoms with Crippen LogP contribution in [0.15, 0.2) is 59.1 Å². The number of aromatic nitrogens is 1. The van der Waals surface area contributed by atoms with E-state index >= 15 is 0 Å². The predicted octanol–water partition coefficient (Wildman–Crippen LogP) is 4.13. The molecule has 1 heterocycles. The van der Waals surface area contributed by atoms with Gasteiger partial charge in [-0.3, -0.25) is 4.79 Å². The standard InChI is InChI=1S/C17H11F3N2O2/c18-17(19,20)13-7-5-10(6-8-13)14-9-15(24-22-14)11-1-3-12(4-2-11)16(21)23/h1-9H,(H2,21,23). The number of amides is 1. The first-order valence-corrected chi connectivity index (χ1v) is 6.89. The zero-order chi connectivity index (χ0) is 17.3. The van der Waals surface area contributed by atoms with E-state index < -0.39 is 17.6 Å². The van der Waals surface area contributed by atoms with Crippen LogP contribution < -0.4 is 5.73 Å². The molecule has 3 aromatic rings. The maximum Gasteiger partial charge on any atom is 0.416 e. The van der Waals surface area contributed by atoms with E-state index in [0.29, 0.717) is 28.1 Å². The van der Waals surface area contributed by atoms with Gasteiger partial charge in [-0.1, -0.05) is 29.4 Å². The van der Waals surface area contributed by atoms with Crippen LogP contribution in [0.5, 0.6) is 0 Å². The van der Waals surface area contributed by atoms with E-state index in [-0.39, 0.29) is 0 Å². The maximum absolute atomic E-state index is 12.6. The van der Waals surface area contributed by atoms with Crippen LogP contribution in [0, 0.1) is 0 Å². The van der Waals surface area contributed by atoms with Crippen LogP contribution in [0.2, 0.25) is 0 Å². The number of hydrogen-bond acceptors (Lipinski definition) is 3. The van der Waals surface area contributed by atoms with Gasteiger partial charge in [0, 0.05) is 22.8 Å². The lowest BCUT2D eigenvalue weighted by molar-refractivity contribution is -0.137. The molecule has 0 unspecified atom stereocenters. The third kappa shape index (κ3) is 3.15. The van der Waals surface area contributed by atoms with Crippen molar-refractivity contribution in [3.8, 4) is 22.6 Å². The Kier molecular flexibility index (Phi) is 3.84. The predicted molar refractivity (Wildman–Crippen MR) is 80.9 cm³/mol. The molecule has 0 aliphatic carbocycles. The van der Waals surface area contributed by atoms with E-state index in [4.69, 9.17) is 10.3 Å². The Morgan fingerprint density at radius 1 is 0.958 bits per heavy atom. The van der Waals surface area contributed by atoms with Crippen molar-refractivity contribution in [3.63, 3.8) is 0 Å². The molecule has 1 aromatic heterocycles. The van der Waals surface area contributed by atoms with Gasteiger partial charge in [0.05, 0.1) is 5.56 Å². The summed E-state index contributed by atoms with van der Waals surface area (Å²) in [6.07, 6.45) is -4.38. The van der Waals surface area contributed by atoms with Gasteiger partial charge in [-0.25, -0.2) is 0 Å². The molecular weight excluding hydrogens is 321 g/mol. The average molecular weight is 332 g/mol. The lowest BCUT2D eigenvalue weighted by atomic mass is 10.1. The van der Waals surface area contributed by atoms with E-state index in [1.807, 2.05) is 0 Å². The summed E-state index contributed by atoms with van der Waals surface area (Å²) >= 11 is 0. The topological polar surface area (TPSA) is 69.1 Å². The van der Waals surface area contributed by atoms with Crippen LogP contribution >= 0.6 is 0 Å². The molecular formula is C17H11F3N2O2. The Balaban J connectivity index is 1.86. The van der Waals surface area contributed by atoms with Gasteiger partial charge in [0.1, 0.15) is 5.69 Å². The number of halogens is 3. The molecule has 0 radical (unpaired) electrons. The number of hydrogen-bond donors (Lipinski definition) is 1. The summed E-state index contributed by atoms with van der Waals surface area (Å²) in [5.41, 5.74) is 6.40. The van der Waals surface area contributed by atoms with Gasteiger partial charge < -0.3 is 10.3 Å². The van der Waals surface area contributed by atoms with Crippen LogP contribution in [0.1, 0.15) is 15.9 Å². The molecule has 0 fully saturated rings. The molecule has 0 spiro atoms. The zero-order valence-electron chi connectivity index (χ0n) is 12.2. The molecule has 3 rings (SSSR count). The average Bonchev–Trinajstić information content (AvgIpc) is 3.04. The Hall–Kier alpha value is -3.09. The Morgan fingerprint density at radius 3 is 2.08 bits per heavy atom. The van der Waals surface area contributed by atoms with Crippen LogP contribution in [0.3, 0.4) is 0 Å². The molecule has 0 saturated carbocycles. The summed E-state index contributed by atoms with van der Waals surface area (Å²) in [4.78, 5) is 11.0. The van der Waals surface area contributed by atoms with Crippen molar-refractivity contribution >= 4 is 5.91 Å². The molecule has 24 heavy (non-hydrogen) atoms. The highest BCUT2D eigenvalue weighted by molar-refractivity contribution is 5.93. The minimum Gasteiger partial charge on any atom is -0.366 e. The number of carbonyl (C=O) groups is 1. The van der Waals surface area contributed by atoms with E-state index in [9.17, 15) is 18.0 Å². The summed E-state index contributed by atoms with van der Waals surface area (Å²) in [6.45, 7) is 0. The third-order valence-electron chi connectivity index (χ3n) is 3.47. The molecule has 0 saturated heterocycles. The molecule has 2 N–H and O–H groups in total. The first-order valence-electron chi connectivity index (χ1n) is 6.89. The summed E-state index contributed by atoms with van der Waals surface area (Å²) in [5.74, 6) is -0.106. The first kappa shape index (κ1) is 15.8. The minimum atomic E-state index is -4.38. The highest BCUT2D eigenvalue weighted by Gasteiger charge is 2.30. The Labute approximate surface area is 134 Å². The van der Waals surface area contributed by atoms with Crippen molar-refractivity contribution in [2.75, 3.05) is 0 Å². The van der Waals surface area contributed by atoms with Crippen LogP contribution in [-0.4, -0.2) is 11.1 Å².